The third kappa shape index (κ3) is 2.48. The summed E-state index contributed by atoms with van der Waals surface area (Å²) in [5.74, 6) is 0.842. The largest absolute Gasteiger partial charge is 0.393 e. The molecular formula is C11H12Cl2N2O. The van der Waals surface area contributed by atoms with Gasteiger partial charge in [-0.25, -0.2) is 4.98 Å². The molecular weight excluding hydrogens is 247 g/mol. The number of nitrogens with zero attached hydrogens (tertiary/aromatic N) is 1. The Morgan fingerprint density at radius 1 is 1.38 bits per heavy atom. The van der Waals surface area contributed by atoms with Gasteiger partial charge in [-0.1, -0.05) is 23.2 Å². The van der Waals surface area contributed by atoms with Crippen molar-refractivity contribution in [2.45, 2.75) is 25.9 Å². The lowest BCUT2D eigenvalue weighted by atomic mass is 10.2. The number of hydrogen-bond donors (Lipinski definition) is 2. The summed E-state index contributed by atoms with van der Waals surface area (Å²) in [7, 11) is 0. The van der Waals surface area contributed by atoms with Gasteiger partial charge in [0.2, 0.25) is 0 Å². The van der Waals surface area contributed by atoms with Gasteiger partial charge in [-0.3, -0.25) is 0 Å². The second kappa shape index (κ2) is 4.62. The first-order chi connectivity index (χ1) is 7.56. The molecule has 1 aromatic heterocycles. The Hall–Kier alpha value is -0.770. The number of halogens is 2. The summed E-state index contributed by atoms with van der Waals surface area (Å²) < 4.78 is 0. The topological polar surface area (TPSA) is 48.9 Å². The third-order valence-electron chi connectivity index (χ3n) is 2.37. The Labute approximate surface area is 103 Å². The monoisotopic (exact) mass is 258 g/mol. The Bertz CT molecular complexity index is 469. The van der Waals surface area contributed by atoms with Crippen molar-refractivity contribution in [2.24, 2.45) is 0 Å². The first-order valence-electron chi connectivity index (χ1n) is 5.08. The van der Waals surface area contributed by atoms with Crippen LogP contribution in [0, 0.1) is 0 Å². The van der Waals surface area contributed by atoms with Crippen molar-refractivity contribution >= 4 is 34.2 Å². The second-order valence-electron chi connectivity index (χ2n) is 3.85. The summed E-state index contributed by atoms with van der Waals surface area (Å²) >= 11 is 11.8. The zero-order valence-corrected chi connectivity index (χ0v) is 10.3. The fourth-order valence-electron chi connectivity index (χ4n) is 1.52. The van der Waals surface area contributed by atoms with Crippen LogP contribution in [0.25, 0.3) is 11.0 Å². The molecule has 0 saturated heterocycles. The van der Waals surface area contributed by atoms with Gasteiger partial charge in [-0.2, -0.15) is 0 Å². The lowest BCUT2D eigenvalue weighted by molar-refractivity contribution is 0.184. The van der Waals surface area contributed by atoms with Gasteiger partial charge in [-0.15, -0.1) is 0 Å². The zero-order chi connectivity index (χ0) is 11.7. The SMILES string of the molecule is CC(O)CCc1nc2cc(Cl)c(Cl)cc2[nH]1. The molecule has 86 valence electrons. The van der Waals surface area contributed by atoms with Gasteiger partial charge in [0.1, 0.15) is 5.82 Å². The Morgan fingerprint density at radius 3 is 2.75 bits per heavy atom. The van der Waals surface area contributed by atoms with Crippen LogP contribution in [0.4, 0.5) is 0 Å². The van der Waals surface area contributed by atoms with E-state index in [1.54, 1.807) is 19.1 Å². The van der Waals surface area contributed by atoms with E-state index in [4.69, 9.17) is 23.2 Å². The fourth-order valence-corrected chi connectivity index (χ4v) is 1.84. The highest BCUT2D eigenvalue weighted by Gasteiger charge is 2.07. The predicted octanol–water partition coefficient (Wildman–Crippen LogP) is 3.18. The molecule has 0 spiro atoms. The number of aryl methyl sites for hydroxylation is 1. The van der Waals surface area contributed by atoms with Crippen LogP contribution in [0.5, 0.6) is 0 Å². The lowest BCUT2D eigenvalue weighted by Gasteiger charge is -1.99. The summed E-state index contributed by atoms with van der Waals surface area (Å²) in [4.78, 5) is 7.53. The van der Waals surface area contributed by atoms with Crippen LogP contribution >= 0.6 is 23.2 Å². The summed E-state index contributed by atoms with van der Waals surface area (Å²) in [6.45, 7) is 1.76. The van der Waals surface area contributed by atoms with Gasteiger partial charge in [0.25, 0.3) is 0 Å². The number of aromatic amines is 1. The molecule has 0 bridgehead atoms. The standard InChI is InChI=1S/C11H12Cl2N2O/c1-6(16)2-3-11-14-9-4-7(12)8(13)5-10(9)15-11/h4-6,16H,2-3H2,1H3,(H,14,15). The summed E-state index contributed by atoms with van der Waals surface area (Å²) in [6, 6.07) is 3.50. The normalized spacial score (nSPS) is 13.2. The third-order valence-corrected chi connectivity index (χ3v) is 3.09. The number of aliphatic hydroxyl groups is 1. The van der Waals surface area contributed by atoms with Gasteiger partial charge in [0.15, 0.2) is 0 Å². The van der Waals surface area contributed by atoms with Crippen LogP contribution in [0.15, 0.2) is 12.1 Å². The second-order valence-corrected chi connectivity index (χ2v) is 4.67. The van der Waals surface area contributed by atoms with E-state index in [2.05, 4.69) is 9.97 Å². The highest BCUT2D eigenvalue weighted by molar-refractivity contribution is 6.42. The van der Waals surface area contributed by atoms with E-state index in [9.17, 15) is 5.11 Å². The van der Waals surface area contributed by atoms with E-state index >= 15 is 0 Å². The molecule has 1 atom stereocenters. The van der Waals surface area contributed by atoms with E-state index < -0.39 is 0 Å². The predicted molar refractivity (Wildman–Crippen MR) is 66.1 cm³/mol. The van der Waals surface area contributed by atoms with Crippen molar-refractivity contribution < 1.29 is 5.11 Å². The van der Waals surface area contributed by atoms with Gasteiger partial charge < -0.3 is 10.1 Å². The van der Waals surface area contributed by atoms with Gasteiger partial charge in [0.05, 0.1) is 27.2 Å². The molecule has 2 N–H and O–H groups in total. The van der Waals surface area contributed by atoms with Crippen LogP contribution < -0.4 is 0 Å². The fraction of sp³-hybridized carbons (Fsp3) is 0.364. The molecule has 2 aromatic rings. The molecule has 0 aliphatic heterocycles. The van der Waals surface area contributed by atoms with Crippen molar-refractivity contribution in [2.75, 3.05) is 0 Å². The summed E-state index contributed by atoms with van der Waals surface area (Å²) in [6.07, 6.45) is 1.07. The average molecular weight is 259 g/mol. The van der Waals surface area contributed by atoms with E-state index in [-0.39, 0.29) is 6.10 Å². The Morgan fingerprint density at radius 2 is 2.06 bits per heavy atom. The maximum absolute atomic E-state index is 9.19. The van der Waals surface area contributed by atoms with E-state index in [1.807, 2.05) is 0 Å². The molecule has 5 heteroatoms. The minimum atomic E-state index is -0.319. The molecule has 1 heterocycles. The molecule has 0 saturated carbocycles. The van der Waals surface area contributed by atoms with Crippen molar-refractivity contribution in [1.82, 2.24) is 9.97 Å². The van der Waals surface area contributed by atoms with Gasteiger partial charge in [0, 0.05) is 6.42 Å². The lowest BCUT2D eigenvalue weighted by Crippen LogP contribution is -2.02. The number of aliphatic hydroxyl groups excluding tert-OH is 1. The number of benzene rings is 1. The summed E-state index contributed by atoms with van der Waals surface area (Å²) in [5, 5.41) is 10.2. The van der Waals surface area contributed by atoms with E-state index in [0.717, 1.165) is 16.9 Å². The van der Waals surface area contributed by atoms with E-state index in [0.29, 0.717) is 22.9 Å². The number of hydrogen-bond acceptors (Lipinski definition) is 2. The van der Waals surface area contributed by atoms with Crippen LogP contribution in [0.3, 0.4) is 0 Å². The quantitative estimate of drug-likeness (QED) is 0.889. The van der Waals surface area contributed by atoms with Gasteiger partial charge in [-0.05, 0) is 25.5 Å². The Balaban J connectivity index is 2.29. The van der Waals surface area contributed by atoms with Crippen LogP contribution in [0.1, 0.15) is 19.2 Å². The van der Waals surface area contributed by atoms with Crippen molar-refractivity contribution in [3.8, 4) is 0 Å². The van der Waals surface area contributed by atoms with Gasteiger partial charge >= 0.3 is 0 Å². The molecule has 0 aliphatic rings. The maximum atomic E-state index is 9.19. The minimum Gasteiger partial charge on any atom is -0.393 e. The molecule has 3 nitrogen and oxygen atoms in total. The minimum absolute atomic E-state index is 0.319. The molecule has 1 unspecified atom stereocenters. The summed E-state index contributed by atoms with van der Waals surface area (Å²) in [5.41, 5.74) is 1.67. The van der Waals surface area contributed by atoms with E-state index in [1.165, 1.54) is 0 Å². The average Bonchev–Trinajstić information content (AvgIpc) is 2.58. The number of nitrogens with one attached hydrogen (secondary N) is 1. The number of rotatable bonds is 3. The highest BCUT2D eigenvalue weighted by Crippen LogP contribution is 2.26. The maximum Gasteiger partial charge on any atom is 0.107 e. The molecule has 1 aromatic carbocycles. The van der Waals surface area contributed by atoms with Crippen LogP contribution in [0.2, 0.25) is 10.0 Å². The highest BCUT2D eigenvalue weighted by atomic mass is 35.5. The zero-order valence-electron chi connectivity index (χ0n) is 8.80. The van der Waals surface area contributed by atoms with Crippen LogP contribution in [-0.4, -0.2) is 21.2 Å². The first kappa shape index (κ1) is 11.7. The number of aromatic nitrogens is 2. The molecule has 0 amide bonds. The van der Waals surface area contributed by atoms with Crippen molar-refractivity contribution in [3.63, 3.8) is 0 Å². The molecule has 0 fully saturated rings. The molecule has 16 heavy (non-hydrogen) atoms. The smallest absolute Gasteiger partial charge is 0.107 e. The number of H-pyrrole nitrogens is 1. The molecule has 0 aliphatic carbocycles. The first-order valence-corrected chi connectivity index (χ1v) is 5.83. The molecule has 2 rings (SSSR count). The molecule has 0 radical (unpaired) electrons. The number of fused-ring (bicyclic) bond motifs is 1. The van der Waals surface area contributed by atoms with Crippen molar-refractivity contribution in [1.29, 1.82) is 0 Å². The van der Waals surface area contributed by atoms with Crippen molar-refractivity contribution in [3.05, 3.63) is 28.0 Å². The van der Waals surface area contributed by atoms with Crippen LogP contribution in [-0.2, 0) is 6.42 Å². The Kier molecular flexibility index (Phi) is 3.38. The number of imidazole rings is 1.